The van der Waals surface area contributed by atoms with Gasteiger partial charge in [-0.1, -0.05) is 49.4 Å². The fourth-order valence-electron chi connectivity index (χ4n) is 3.63. The van der Waals surface area contributed by atoms with Gasteiger partial charge < -0.3 is 5.32 Å². The summed E-state index contributed by atoms with van der Waals surface area (Å²) >= 11 is 0. The average molecular weight is 397 g/mol. The van der Waals surface area contributed by atoms with Gasteiger partial charge in [-0.25, -0.2) is 4.98 Å². The van der Waals surface area contributed by atoms with E-state index in [0.717, 1.165) is 5.56 Å². The third-order valence-electron chi connectivity index (χ3n) is 5.21. The molecule has 0 aliphatic rings. The first kappa shape index (κ1) is 19.6. The molecule has 0 fully saturated rings. The van der Waals surface area contributed by atoms with E-state index in [9.17, 15) is 9.59 Å². The van der Waals surface area contributed by atoms with Crippen LogP contribution in [0.2, 0.25) is 0 Å². The summed E-state index contributed by atoms with van der Waals surface area (Å²) in [6.45, 7) is 3.86. The SMILES string of the molecule is Cc1nc2ccccc2c(=O)n1-c1ccc(NC(=O)C[C@H](C)c2ccccc2)cc1. The van der Waals surface area contributed by atoms with Gasteiger partial charge in [0.25, 0.3) is 5.56 Å². The molecule has 0 saturated heterocycles. The number of benzene rings is 3. The molecule has 0 saturated carbocycles. The molecule has 0 spiro atoms. The normalized spacial score (nSPS) is 11.9. The van der Waals surface area contributed by atoms with Gasteiger partial charge in [0, 0.05) is 12.1 Å². The van der Waals surface area contributed by atoms with E-state index in [1.165, 1.54) is 0 Å². The van der Waals surface area contributed by atoms with Crippen molar-refractivity contribution in [3.05, 3.63) is 101 Å². The van der Waals surface area contributed by atoms with Gasteiger partial charge in [0.1, 0.15) is 5.82 Å². The van der Waals surface area contributed by atoms with Crippen molar-refractivity contribution >= 4 is 22.5 Å². The molecule has 0 aliphatic heterocycles. The molecule has 30 heavy (non-hydrogen) atoms. The molecule has 1 heterocycles. The average Bonchev–Trinajstić information content (AvgIpc) is 2.75. The Morgan fingerprint density at radius 3 is 2.37 bits per heavy atom. The van der Waals surface area contributed by atoms with Gasteiger partial charge in [-0.05, 0) is 54.8 Å². The van der Waals surface area contributed by atoms with Crippen LogP contribution in [0.15, 0.2) is 83.7 Å². The highest BCUT2D eigenvalue weighted by Gasteiger charge is 2.12. The van der Waals surface area contributed by atoms with Gasteiger partial charge >= 0.3 is 0 Å². The smallest absolute Gasteiger partial charge is 0.265 e. The molecular weight excluding hydrogens is 374 g/mol. The van der Waals surface area contributed by atoms with Crippen LogP contribution in [0.1, 0.15) is 30.7 Å². The van der Waals surface area contributed by atoms with Gasteiger partial charge in [0.05, 0.1) is 16.6 Å². The zero-order valence-electron chi connectivity index (χ0n) is 17.0. The quantitative estimate of drug-likeness (QED) is 0.525. The summed E-state index contributed by atoms with van der Waals surface area (Å²) in [6.07, 6.45) is 0.402. The minimum absolute atomic E-state index is 0.0418. The molecule has 0 aliphatic carbocycles. The molecule has 150 valence electrons. The first-order valence-electron chi connectivity index (χ1n) is 9.96. The molecule has 5 nitrogen and oxygen atoms in total. The van der Waals surface area contributed by atoms with E-state index in [-0.39, 0.29) is 17.4 Å². The van der Waals surface area contributed by atoms with Crippen molar-refractivity contribution < 1.29 is 4.79 Å². The lowest BCUT2D eigenvalue weighted by molar-refractivity contribution is -0.116. The van der Waals surface area contributed by atoms with Crippen LogP contribution in [0.4, 0.5) is 5.69 Å². The molecule has 1 N–H and O–H groups in total. The van der Waals surface area contributed by atoms with Gasteiger partial charge in [-0.2, -0.15) is 0 Å². The minimum atomic E-state index is -0.105. The Bertz CT molecular complexity index is 1250. The minimum Gasteiger partial charge on any atom is -0.326 e. The molecule has 4 rings (SSSR count). The molecular formula is C25H23N3O2. The predicted octanol–water partition coefficient (Wildman–Crippen LogP) is 4.83. The summed E-state index contributed by atoms with van der Waals surface area (Å²) in [5, 5.41) is 3.52. The number of hydrogen-bond donors (Lipinski definition) is 1. The van der Waals surface area contributed by atoms with Crippen LogP contribution in [-0.4, -0.2) is 15.5 Å². The molecule has 0 bridgehead atoms. The molecule has 3 aromatic carbocycles. The van der Waals surface area contributed by atoms with Crippen molar-refractivity contribution in [2.45, 2.75) is 26.2 Å². The van der Waals surface area contributed by atoms with Crippen LogP contribution in [0, 0.1) is 6.92 Å². The molecule has 1 atom stereocenters. The number of rotatable bonds is 5. The van der Waals surface area contributed by atoms with E-state index in [2.05, 4.69) is 10.3 Å². The molecule has 4 aromatic rings. The van der Waals surface area contributed by atoms with Crippen LogP contribution in [0.25, 0.3) is 16.6 Å². The highest BCUT2D eigenvalue weighted by molar-refractivity contribution is 5.91. The number of nitrogens with one attached hydrogen (secondary N) is 1. The summed E-state index contributed by atoms with van der Waals surface area (Å²) < 4.78 is 1.59. The zero-order chi connectivity index (χ0) is 21.1. The van der Waals surface area contributed by atoms with Crippen molar-refractivity contribution in [3.8, 4) is 5.69 Å². The Labute approximate surface area is 175 Å². The summed E-state index contributed by atoms with van der Waals surface area (Å²) in [5.74, 6) is 0.711. The first-order valence-corrected chi connectivity index (χ1v) is 9.96. The molecule has 1 aromatic heterocycles. The summed E-state index contributed by atoms with van der Waals surface area (Å²) in [7, 11) is 0. The number of amides is 1. The van der Waals surface area contributed by atoms with Crippen LogP contribution in [0.3, 0.4) is 0 Å². The monoisotopic (exact) mass is 397 g/mol. The van der Waals surface area contributed by atoms with Crippen molar-refractivity contribution in [2.24, 2.45) is 0 Å². The topological polar surface area (TPSA) is 64.0 Å². The Kier molecular flexibility index (Phi) is 5.44. The number of carbonyl (C=O) groups is 1. The van der Waals surface area contributed by atoms with E-state index in [4.69, 9.17) is 0 Å². The van der Waals surface area contributed by atoms with Crippen LogP contribution in [-0.2, 0) is 4.79 Å². The fraction of sp³-hybridized carbons (Fsp3) is 0.160. The molecule has 1 amide bonds. The number of carbonyl (C=O) groups excluding carboxylic acids is 1. The van der Waals surface area contributed by atoms with E-state index in [1.807, 2.05) is 86.6 Å². The zero-order valence-corrected chi connectivity index (χ0v) is 17.0. The Morgan fingerprint density at radius 1 is 0.967 bits per heavy atom. The summed E-state index contributed by atoms with van der Waals surface area (Å²) in [5.41, 5.74) is 3.13. The number of aromatic nitrogens is 2. The van der Waals surface area contributed by atoms with Crippen LogP contribution in [0.5, 0.6) is 0 Å². The first-order chi connectivity index (χ1) is 14.5. The van der Waals surface area contributed by atoms with Gasteiger partial charge in [-0.15, -0.1) is 0 Å². The van der Waals surface area contributed by atoms with Crippen LogP contribution >= 0.6 is 0 Å². The van der Waals surface area contributed by atoms with Crippen molar-refractivity contribution in [1.29, 1.82) is 0 Å². The predicted molar refractivity (Wildman–Crippen MR) is 120 cm³/mol. The molecule has 0 radical (unpaired) electrons. The second-order valence-electron chi connectivity index (χ2n) is 7.43. The van der Waals surface area contributed by atoms with E-state index in [0.29, 0.717) is 34.5 Å². The number of anilines is 1. The van der Waals surface area contributed by atoms with E-state index >= 15 is 0 Å². The van der Waals surface area contributed by atoms with Gasteiger partial charge in [0.15, 0.2) is 0 Å². The molecule has 0 unspecified atom stereocenters. The lowest BCUT2D eigenvalue weighted by atomic mass is 9.97. The maximum atomic E-state index is 12.9. The lowest BCUT2D eigenvalue weighted by Gasteiger charge is -2.13. The van der Waals surface area contributed by atoms with Gasteiger partial charge in [0.2, 0.25) is 5.91 Å². The highest BCUT2D eigenvalue weighted by atomic mass is 16.1. The highest BCUT2D eigenvalue weighted by Crippen LogP contribution is 2.20. The van der Waals surface area contributed by atoms with E-state index < -0.39 is 0 Å². The van der Waals surface area contributed by atoms with Crippen molar-refractivity contribution in [1.82, 2.24) is 9.55 Å². The van der Waals surface area contributed by atoms with Gasteiger partial charge in [-0.3, -0.25) is 14.2 Å². The third-order valence-corrected chi connectivity index (χ3v) is 5.21. The van der Waals surface area contributed by atoms with E-state index in [1.54, 1.807) is 10.6 Å². The number of para-hydroxylation sites is 1. The number of aryl methyl sites for hydroxylation is 1. The maximum absolute atomic E-state index is 12.9. The Hall–Kier alpha value is -3.73. The largest absolute Gasteiger partial charge is 0.326 e. The van der Waals surface area contributed by atoms with Crippen molar-refractivity contribution in [3.63, 3.8) is 0 Å². The number of hydrogen-bond acceptors (Lipinski definition) is 3. The second-order valence-corrected chi connectivity index (χ2v) is 7.43. The Morgan fingerprint density at radius 2 is 1.63 bits per heavy atom. The number of nitrogens with zero attached hydrogens (tertiary/aromatic N) is 2. The fourth-order valence-corrected chi connectivity index (χ4v) is 3.63. The number of fused-ring (bicyclic) bond motifs is 1. The lowest BCUT2D eigenvalue weighted by Crippen LogP contribution is -2.22. The molecule has 5 heteroatoms. The second kappa shape index (κ2) is 8.33. The standard InChI is InChI=1S/C25H23N3O2/c1-17(19-8-4-3-5-9-19)16-24(29)27-20-12-14-21(15-13-20)28-18(2)26-23-11-7-6-10-22(23)25(28)30/h3-15,17H,16H2,1-2H3,(H,27,29)/t17-/m0/s1. The summed E-state index contributed by atoms with van der Waals surface area (Å²) in [4.78, 5) is 29.9. The van der Waals surface area contributed by atoms with Crippen molar-refractivity contribution in [2.75, 3.05) is 5.32 Å². The maximum Gasteiger partial charge on any atom is 0.265 e. The summed E-state index contributed by atoms with van der Waals surface area (Å²) in [6, 6.07) is 24.6. The Balaban J connectivity index is 1.52. The van der Waals surface area contributed by atoms with Crippen LogP contribution < -0.4 is 10.9 Å². The third kappa shape index (κ3) is 4.01.